The third kappa shape index (κ3) is 4.95. The van der Waals surface area contributed by atoms with Crippen molar-refractivity contribution in [3.05, 3.63) is 48.7 Å². The molecule has 10 heteroatoms. The number of carbonyl (C=O) groups is 1. The number of ether oxygens (including phenoxy) is 1. The second-order valence-electron chi connectivity index (χ2n) is 13.2. The number of likely N-dealkylation sites (tertiary alicyclic amines) is 2. The number of aromatic amines is 1. The average Bonchev–Trinajstić information content (AvgIpc) is 3.66. The van der Waals surface area contributed by atoms with Gasteiger partial charge in [-0.05, 0) is 81.6 Å². The van der Waals surface area contributed by atoms with Crippen molar-refractivity contribution >= 4 is 39.2 Å². The number of aryl methyl sites for hydroxylation is 1. The lowest BCUT2D eigenvalue weighted by Gasteiger charge is -2.54. The molecule has 0 aliphatic carbocycles. The highest BCUT2D eigenvalue weighted by Crippen LogP contribution is 2.44. The number of amides is 1. The minimum Gasteiger partial charge on any atom is -0.462 e. The van der Waals surface area contributed by atoms with Gasteiger partial charge >= 0.3 is 6.01 Å². The van der Waals surface area contributed by atoms with E-state index in [1.165, 1.54) is 18.1 Å². The van der Waals surface area contributed by atoms with Gasteiger partial charge in [-0.25, -0.2) is 0 Å². The summed E-state index contributed by atoms with van der Waals surface area (Å²) in [6.07, 6.45) is 7.68. The molecular formula is C34H42N8O2. The molecule has 3 saturated heterocycles. The maximum atomic E-state index is 12.1. The van der Waals surface area contributed by atoms with Crippen molar-refractivity contribution < 1.29 is 9.53 Å². The Labute approximate surface area is 258 Å². The lowest BCUT2D eigenvalue weighted by molar-refractivity contribution is -0.139. The first kappa shape index (κ1) is 28.6. The second kappa shape index (κ2) is 11.1. The molecule has 4 aromatic rings. The monoisotopic (exact) mass is 594 g/mol. The number of aromatic nitrogens is 4. The van der Waals surface area contributed by atoms with E-state index in [9.17, 15) is 4.79 Å². The van der Waals surface area contributed by atoms with E-state index in [2.05, 4.69) is 83.8 Å². The number of piperidine rings is 1. The van der Waals surface area contributed by atoms with Crippen LogP contribution < -0.4 is 14.5 Å². The van der Waals surface area contributed by atoms with Crippen LogP contribution in [0.4, 0.5) is 11.5 Å². The Bertz CT molecular complexity index is 1730. The summed E-state index contributed by atoms with van der Waals surface area (Å²) < 4.78 is 6.36. The van der Waals surface area contributed by atoms with E-state index >= 15 is 0 Å². The first-order valence-electron chi connectivity index (χ1n) is 15.7. The van der Waals surface area contributed by atoms with Gasteiger partial charge in [0.25, 0.3) is 0 Å². The Hall–Kier alpha value is -4.18. The Morgan fingerprint density at radius 3 is 2.66 bits per heavy atom. The number of fused-ring (bicyclic) bond motifs is 2. The zero-order chi connectivity index (χ0) is 30.6. The quantitative estimate of drug-likeness (QED) is 0.310. The SMILES string of the molecule is C=CC(=O)N1CC2(CCN(c3nc(OC[C@@H]4CCCN4C)nc4cc(-c5c(C)ccc6[nH]ncc56)c(N(C)C)cc34)CC2)C1. The van der Waals surface area contributed by atoms with Crippen molar-refractivity contribution in [2.75, 3.05) is 70.3 Å². The molecule has 0 radical (unpaired) electrons. The molecule has 44 heavy (non-hydrogen) atoms. The third-order valence-electron chi connectivity index (χ3n) is 10.1. The summed E-state index contributed by atoms with van der Waals surface area (Å²) in [6.45, 7) is 10.9. The summed E-state index contributed by atoms with van der Waals surface area (Å²) in [6, 6.07) is 9.48. The highest BCUT2D eigenvalue weighted by molar-refractivity contribution is 6.04. The molecule has 0 unspecified atom stereocenters. The van der Waals surface area contributed by atoms with Gasteiger partial charge < -0.3 is 24.3 Å². The minimum atomic E-state index is 0.0305. The molecule has 0 bridgehead atoms. The number of nitrogens with zero attached hydrogens (tertiary/aromatic N) is 7. The smallest absolute Gasteiger partial charge is 0.319 e. The fourth-order valence-electron chi connectivity index (χ4n) is 7.41. The molecule has 3 aliphatic heterocycles. The molecule has 230 valence electrons. The highest BCUT2D eigenvalue weighted by atomic mass is 16.5. The Kier molecular flexibility index (Phi) is 7.19. The van der Waals surface area contributed by atoms with E-state index in [0.29, 0.717) is 18.7 Å². The van der Waals surface area contributed by atoms with Crippen LogP contribution in [0.25, 0.3) is 32.9 Å². The van der Waals surface area contributed by atoms with Crippen LogP contribution in [0, 0.1) is 12.3 Å². The number of rotatable bonds is 7. The van der Waals surface area contributed by atoms with Gasteiger partial charge in [0, 0.05) is 73.8 Å². The van der Waals surface area contributed by atoms with Gasteiger partial charge in [0.05, 0.1) is 17.2 Å². The summed E-state index contributed by atoms with van der Waals surface area (Å²) in [5.74, 6) is 0.953. The number of hydrogen-bond acceptors (Lipinski definition) is 8. The molecule has 3 fully saturated rings. The Morgan fingerprint density at radius 2 is 1.95 bits per heavy atom. The average molecular weight is 595 g/mol. The first-order valence-corrected chi connectivity index (χ1v) is 15.7. The fraction of sp³-hybridized carbons (Fsp3) is 0.471. The summed E-state index contributed by atoms with van der Waals surface area (Å²) in [5, 5.41) is 9.59. The van der Waals surface area contributed by atoms with Gasteiger partial charge in [-0.2, -0.15) is 15.1 Å². The lowest BCUT2D eigenvalue weighted by Crippen LogP contribution is -2.61. The lowest BCUT2D eigenvalue weighted by atomic mass is 9.72. The predicted octanol–water partition coefficient (Wildman–Crippen LogP) is 4.64. The van der Waals surface area contributed by atoms with Crippen LogP contribution in [0.1, 0.15) is 31.2 Å². The van der Waals surface area contributed by atoms with Crippen LogP contribution >= 0.6 is 0 Å². The first-order chi connectivity index (χ1) is 21.2. The van der Waals surface area contributed by atoms with Gasteiger partial charge in [-0.15, -0.1) is 0 Å². The van der Waals surface area contributed by atoms with Crippen molar-refractivity contribution in [1.29, 1.82) is 0 Å². The fourth-order valence-corrected chi connectivity index (χ4v) is 7.41. The molecule has 10 nitrogen and oxygen atoms in total. The number of likely N-dealkylation sites (N-methyl/N-ethyl adjacent to an activating group) is 1. The molecule has 7 rings (SSSR count). The van der Waals surface area contributed by atoms with Crippen LogP contribution in [-0.2, 0) is 4.79 Å². The normalized spacial score (nSPS) is 20.0. The van der Waals surface area contributed by atoms with E-state index in [0.717, 1.165) is 96.4 Å². The number of H-pyrrole nitrogens is 1. The van der Waals surface area contributed by atoms with Crippen LogP contribution in [0.15, 0.2) is 43.1 Å². The molecule has 0 saturated carbocycles. The van der Waals surface area contributed by atoms with E-state index in [1.54, 1.807) is 0 Å². The maximum Gasteiger partial charge on any atom is 0.319 e. The molecule has 1 amide bonds. The number of nitrogens with one attached hydrogen (secondary N) is 1. The van der Waals surface area contributed by atoms with Gasteiger partial charge in [-0.3, -0.25) is 9.89 Å². The summed E-state index contributed by atoms with van der Waals surface area (Å²) in [7, 11) is 6.33. The van der Waals surface area contributed by atoms with Crippen LogP contribution in [0.5, 0.6) is 6.01 Å². The number of carbonyl (C=O) groups excluding carboxylic acids is 1. The molecule has 2 aromatic carbocycles. The molecule has 2 aromatic heterocycles. The molecule has 1 atom stereocenters. The predicted molar refractivity (Wildman–Crippen MR) is 175 cm³/mol. The van der Waals surface area contributed by atoms with E-state index in [-0.39, 0.29) is 11.3 Å². The van der Waals surface area contributed by atoms with Crippen molar-refractivity contribution in [2.45, 2.75) is 38.6 Å². The van der Waals surface area contributed by atoms with Crippen molar-refractivity contribution in [2.24, 2.45) is 5.41 Å². The van der Waals surface area contributed by atoms with Crippen molar-refractivity contribution in [3.8, 4) is 17.1 Å². The van der Waals surface area contributed by atoms with Gasteiger partial charge in [0.2, 0.25) is 5.91 Å². The second-order valence-corrected chi connectivity index (χ2v) is 13.2. The van der Waals surface area contributed by atoms with Gasteiger partial charge in [0.1, 0.15) is 12.4 Å². The zero-order valence-corrected chi connectivity index (χ0v) is 26.3. The van der Waals surface area contributed by atoms with Crippen molar-refractivity contribution in [1.82, 2.24) is 30.0 Å². The summed E-state index contributed by atoms with van der Waals surface area (Å²) in [5.41, 5.74) is 6.62. The molecule has 3 aliphatic rings. The van der Waals surface area contributed by atoms with Crippen LogP contribution in [-0.4, -0.2) is 102 Å². The zero-order valence-electron chi connectivity index (χ0n) is 26.3. The molecular weight excluding hydrogens is 552 g/mol. The van der Waals surface area contributed by atoms with E-state index in [1.807, 2.05) is 11.1 Å². The highest BCUT2D eigenvalue weighted by Gasteiger charge is 2.46. The summed E-state index contributed by atoms with van der Waals surface area (Å²) in [4.78, 5) is 31.0. The van der Waals surface area contributed by atoms with Gasteiger partial charge in [0.15, 0.2) is 0 Å². The van der Waals surface area contributed by atoms with E-state index < -0.39 is 0 Å². The summed E-state index contributed by atoms with van der Waals surface area (Å²) >= 11 is 0. The maximum absolute atomic E-state index is 12.1. The standard InChI is InChI=1S/C34H42N8O2/c1-6-30(43)42-20-34(21-42)11-14-41(15-12-34)32-24-17-29(39(3)4)25(31-22(2)9-10-27-26(31)18-35-38-27)16-28(24)36-33(37-32)44-19-23-8-7-13-40(23)5/h6,9-10,16-18,23H,1,7-8,11-15,19-21H2,2-5H3,(H,35,38)/t23-/m0/s1. The molecule has 1 spiro atoms. The number of benzene rings is 2. The molecule has 1 N–H and O–H groups in total. The van der Waals surface area contributed by atoms with Crippen LogP contribution in [0.3, 0.4) is 0 Å². The third-order valence-corrected chi connectivity index (χ3v) is 10.1. The molecule has 5 heterocycles. The largest absolute Gasteiger partial charge is 0.462 e. The Balaban J connectivity index is 1.29. The number of hydrogen-bond donors (Lipinski definition) is 1. The van der Waals surface area contributed by atoms with Crippen LogP contribution in [0.2, 0.25) is 0 Å². The van der Waals surface area contributed by atoms with Gasteiger partial charge in [-0.1, -0.05) is 12.6 Å². The number of anilines is 2. The Morgan fingerprint density at radius 1 is 1.16 bits per heavy atom. The van der Waals surface area contributed by atoms with E-state index in [4.69, 9.17) is 14.7 Å². The minimum absolute atomic E-state index is 0.0305. The van der Waals surface area contributed by atoms with Crippen molar-refractivity contribution in [3.63, 3.8) is 0 Å². The topological polar surface area (TPSA) is 93.7 Å².